The zero-order chi connectivity index (χ0) is 42.4. The normalized spacial score (nSPS) is 12.6. The summed E-state index contributed by atoms with van der Waals surface area (Å²) in [5, 5.41) is 0. The van der Waals surface area contributed by atoms with E-state index >= 15 is 0 Å². The molecule has 0 aromatic heterocycles. The molecule has 18 heteroatoms. The first kappa shape index (κ1) is 65.4. The second kappa shape index (κ2) is 32.1. The predicted octanol–water partition coefficient (Wildman–Crippen LogP) is 7.88. The van der Waals surface area contributed by atoms with Gasteiger partial charge in [0.05, 0.1) is 43.7 Å². The second-order valence-electron chi connectivity index (χ2n) is 15.0. The fourth-order valence-electron chi connectivity index (χ4n) is 4.16. The van der Waals surface area contributed by atoms with Crippen molar-refractivity contribution >= 4 is 44.5 Å². The maximum atomic E-state index is 12.1. The van der Waals surface area contributed by atoms with Gasteiger partial charge in [0.15, 0.2) is 26.7 Å². The number of halogens is 3. The van der Waals surface area contributed by atoms with Crippen LogP contribution in [0.15, 0.2) is 24.3 Å². The van der Waals surface area contributed by atoms with Crippen molar-refractivity contribution in [1.82, 2.24) is 0 Å². The third-order valence-electron chi connectivity index (χ3n) is 8.07. The van der Waals surface area contributed by atoms with Gasteiger partial charge in [-0.3, -0.25) is 9.59 Å². The van der Waals surface area contributed by atoms with E-state index in [-0.39, 0.29) is 101 Å². The Morgan fingerprint density at radius 2 is 1.30 bits per heavy atom. The Morgan fingerprint density at radius 3 is 1.74 bits per heavy atom. The summed E-state index contributed by atoms with van der Waals surface area (Å²) in [7, 11) is -8.85. The number of rotatable bonds is 21. The van der Waals surface area contributed by atoms with Gasteiger partial charge >= 0.3 is 68.8 Å². The van der Waals surface area contributed by atoms with Gasteiger partial charge in [-0.25, -0.2) is 8.42 Å². The minimum atomic E-state index is -5.80. The van der Waals surface area contributed by atoms with Crippen LogP contribution in [-0.4, -0.2) is 88.0 Å². The molecule has 0 bridgehead atoms. The van der Waals surface area contributed by atoms with E-state index in [0.717, 1.165) is 37.3 Å². The van der Waals surface area contributed by atoms with Gasteiger partial charge in [-0.1, -0.05) is 73.7 Å². The fraction of sp³-hybridized carbons (Fsp3) is 0.769. The molecule has 0 aliphatic rings. The Labute approximate surface area is 388 Å². The van der Waals surface area contributed by atoms with E-state index in [4.69, 9.17) is 23.1 Å². The van der Waals surface area contributed by atoms with Gasteiger partial charge in [0.25, 0.3) is 0 Å². The predicted molar refractivity (Wildman–Crippen MR) is 225 cm³/mol. The summed E-state index contributed by atoms with van der Waals surface area (Å²) in [6, 6.07) is 6.71. The first-order valence-electron chi connectivity index (χ1n) is 18.6. The van der Waals surface area contributed by atoms with Gasteiger partial charge in [0.2, 0.25) is 0 Å². The van der Waals surface area contributed by atoms with E-state index in [1.807, 2.05) is 55.4 Å². The summed E-state index contributed by atoms with van der Waals surface area (Å²) in [5.74, 6) is -1.45. The SMILES string of the molecule is C.C.CCC(C)(C)C(=O)OCCC[Si](C)(C)O[Si](C)(C)C.CCC(C)c1ccc(C(=O)[N-]S(=O)(=O)C(F)(F)F)cc1.CCOCCOCCOC(=O)C(C)CC.[K+]. The summed E-state index contributed by atoms with van der Waals surface area (Å²) >= 11 is 0. The van der Waals surface area contributed by atoms with Crippen LogP contribution < -0.4 is 51.4 Å². The van der Waals surface area contributed by atoms with Gasteiger partial charge in [0, 0.05) is 6.61 Å². The van der Waals surface area contributed by atoms with Gasteiger partial charge in [-0.05, 0) is 102 Å². The molecule has 0 heterocycles. The molecular weight excluding hydrogens is 827 g/mol. The van der Waals surface area contributed by atoms with Crippen LogP contribution in [0.2, 0.25) is 38.8 Å². The Hall–Kier alpha value is -0.680. The van der Waals surface area contributed by atoms with Crippen molar-refractivity contribution < 1.29 is 110 Å². The molecule has 2 atom stereocenters. The minimum absolute atomic E-state index is 0. The third-order valence-corrected chi connectivity index (χ3v) is 15.3. The summed E-state index contributed by atoms with van der Waals surface area (Å²) in [5.41, 5.74) is -5.23. The molecule has 0 aliphatic heterocycles. The number of hydrogen-bond acceptors (Lipinski definition) is 10. The topological polar surface area (TPSA) is 146 Å². The molecule has 0 spiro atoms. The van der Waals surface area contributed by atoms with Crippen LogP contribution >= 0.6 is 0 Å². The molecule has 1 aromatic carbocycles. The Kier molecular flexibility index (Phi) is 36.8. The van der Waals surface area contributed by atoms with Crippen LogP contribution in [-0.2, 0) is 42.7 Å². The number of ether oxygens (including phenoxy) is 4. The number of alkyl halides is 3. The van der Waals surface area contributed by atoms with E-state index in [1.54, 1.807) is 12.1 Å². The maximum absolute atomic E-state index is 12.1. The van der Waals surface area contributed by atoms with E-state index < -0.39 is 38.1 Å². The molecule has 57 heavy (non-hydrogen) atoms. The number of carbonyl (C=O) groups is 3. The zero-order valence-corrected chi connectivity index (χ0v) is 41.8. The first-order chi connectivity index (χ1) is 24.7. The van der Waals surface area contributed by atoms with Crippen molar-refractivity contribution in [3.8, 4) is 0 Å². The van der Waals surface area contributed by atoms with Crippen LogP contribution in [0.3, 0.4) is 0 Å². The van der Waals surface area contributed by atoms with Crippen LogP contribution in [0, 0.1) is 11.3 Å². The molecule has 1 rings (SSSR count). The zero-order valence-electron chi connectivity index (χ0n) is 35.8. The van der Waals surface area contributed by atoms with Crippen LogP contribution in [0.25, 0.3) is 4.72 Å². The van der Waals surface area contributed by atoms with Crippen molar-refractivity contribution in [2.75, 3.05) is 39.6 Å². The van der Waals surface area contributed by atoms with Crippen molar-refractivity contribution in [1.29, 1.82) is 0 Å². The van der Waals surface area contributed by atoms with Crippen molar-refractivity contribution in [3.05, 3.63) is 40.1 Å². The third kappa shape index (κ3) is 30.9. The number of sulfonamides is 1. The minimum Gasteiger partial charge on any atom is -0.534 e. The molecule has 11 nitrogen and oxygen atoms in total. The summed E-state index contributed by atoms with van der Waals surface area (Å²) < 4.78 is 86.9. The molecular formula is C39H75F3KNO10SSi2. The Bertz CT molecular complexity index is 1350. The van der Waals surface area contributed by atoms with Gasteiger partial charge < -0.3 is 32.6 Å². The maximum Gasteiger partial charge on any atom is 1.00 e. The largest absolute Gasteiger partial charge is 1.00 e. The number of hydrogen-bond donors (Lipinski definition) is 0. The van der Waals surface area contributed by atoms with Gasteiger partial charge in [-0.2, -0.15) is 13.2 Å². The first-order valence-corrected chi connectivity index (χ1v) is 26.5. The van der Waals surface area contributed by atoms with E-state index in [2.05, 4.69) is 37.5 Å². The molecule has 1 amide bonds. The van der Waals surface area contributed by atoms with Crippen LogP contribution in [0.1, 0.15) is 118 Å². The molecule has 0 radical (unpaired) electrons. The number of esters is 2. The quantitative estimate of drug-likeness (QED) is 0.0679. The summed E-state index contributed by atoms with van der Waals surface area (Å²) in [4.78, 5) is 34.4. The van der Waals surface area contributed by atoms with Gasteiger partial charge in [-0.15, -0.1) is 0 Å². The molecule has 0 N–H and O–H groups in total. The van der Waals surface area contributed by atoms with Crippen LogP contribution in [0.5, 0.6) is 0 Å². The van der Waals surface area contributed by atoms with Crippen molar-refractivity contribution in [3.63, 3.8) is 0 Å². The monoisotopic (exact) mass is 901 g/mol. The Balaban J connectivity index is -0.000000234. The number of amides is 1. The number of carbonyl (C=O) groups excluding carboxylic acids is 3. The standard InChI is InChI=1S/C14H32O3Si2.C12H14F3NO3S.C11H22O4.2CH4.K/c1-9-14(2,3)13(15)16-11-10-12-19(7,8)17-18(4,5)6;1-3-8(2)9-4-6-10(7-5-9)11(17)16-20(18,19)12(13,14)15;1-4-10(3)11(12)15-9-8-14-7-6-13-5-2;;;/h9-12H2,1-8H3;4-8H,3H2,1-2H3,(H,16,17);10H,4-9H2,1-3H3;2*1H4;/q;;;;;+1/p-1. The second-order valence-corrected chi connectivity index (χ2v) is 25.6. The molecule has 332 valence electrons. The van der Waals surface area contributed by atoms with Crippen LogP contribution in [0.4, 0.5) is 13.2 Å². The van der Waals surface area contributed by atoms with Gasteiger partial charge in [0.1, 0.15) is 6.61 Å². The molecule has 0 saturated heterocycles. The fourth-order valence-corrected chi connectivity index (χ4v) is 12.6. The average molecular weight is 902 g/mol. The average Bonchev–Trinajstić information content (AvgIpc) is 3.07. The van der Waals surface area contributed by atoms with E-state index in [1.165, 1.54) is 12.1 Å². The smallest absolute Gasteiger partial charge is 0.534 e. The molecule has 1 aromatic rings. The number of benzene rings is 1. The number of nitrogens with zero attached hydrogens (tertiary/aromatic N) is 1. The Morgan fingerprint density at radius 1 is 0.789 bits per heavy atom. The molecule has 0 saturated carbocycles. The molecule has 0 fully saturated rings. The summed E-state index contributed by atoms with van der Waals surface area (Å²) in [6.07, 6.45) is 3.39. The summed E-state index contributed by atoms with van der Waals surface area (Å²) in [6.45, 7) is 29.9. The van der Waals surface area contributed by atoms with Crippen molar-refractivity contribution in [2.24, 2.45) is 11.3 Å². The molecule has 0 aliphatic carbocycles. The van der Waals surface area contributed by atoms with E-state index in [9.17, 15) is 36.0 Å². The molecule has 2 unspecified atom stereocenters. The van der Waals surface area contributed by atoms with Crippen molar-refractivity contribution in [2.45, 2.75) is 146 Å². The van der Waals surface area contributed by atoms with E-state index in [0.29, 0.717) is 39.6 Å².